The Kier molecular flexibility index (Phi) is 4.92. The molecule has 2 heteroatoms. The Morgan fingerprint density at radius 2 is 2.00 bits per heavy atom. The van der Waals surface area contributed by atoms with E-state index in [0.29, 0.717) is 0 Å². The summed E-state index contributed by atoms with van der Waals surface area (Å²) in [7, 11) is 1.87. The van der Waals surface area contributed by atoms with Gasteiger partial charge in [-0.3, -0.25) is 4.79 Å². The molecule has 0 aliphatic carbocycles. The zero-order chi connectivity index (χ0) is 8.85. The van der Waals surface area contributed by atoms with Crippen molar-refractivity contribution in [1.29, 1.82) is 0 Å². The lowest BCUT2D eigenvalue weighted by atomic mass is 10.1. The molecule has 0 aromatic heterocycles. The van der Waals surface area contributed by atoms with Gasteiger partial charge >= 0.3 is 0 Å². The van der Waals surface area contributed by atoms with Crippen LogP contribution in [0.15, 0.2) is 0 Å². The molecular formula is C9H19NO. The van der Waals surface area contributed by atoms with Crippen LogP contribution in [0.3, 0.4) is 0 Å². The Morgan fingerprint density at radius 1 is 1.45 bits per heavy atom. The van der Waals surface area contributed by atoms with E-state index in [1.54, 1.807) is 0 Å². The first kappa shape index (κ1) is 10.5. The molecule has 0 aliphatic heterocycles. The third kappa shape index (κ3) is 3.40. The molecule has 0 radical (unpaired) electrons. The molecular weight excluding hydrogens is 138 g/mol. The van der Waals surface area contributed by atoms with Crippen molar-refractivity contribution in [2.45, 2.75) is 33.6 Å². The van der Waals surface area contributed by atoms with Gasteiger partial charge in [0.2, 0.25) is 5.91 Å². The molecule has 0 rings (SSSR count). The van der Waals surface area contributed by atoms with Crippen molar-refractivity contribution in [2.24, 2.45) is 5.92 Å². The van der Waals surface area contributed by atoms with Crippen molar-refractivity contribution in [3.8, 4) is 0 Å². The summed E-state index contributed by atoms with van der Waals surface area (Å²) in [6.45, 7) is 6.99. The standard InChI is InChI=1S/C9H19NO/c1-5-7-10(4)9(11)8(3)6-2/h8H,5-7H2,1-4H3. The van der Waals surface area contributed by atoms with Crippen molar-refractivity contribution < 1.29 is 4.79 Å². The number of amides is 1. The number of carbonyl (C=O) groups is 1. The lowest BCUT2D eigenvalue weighted by Crippen LogP contribution is -2.31. The van der Waals surface area contributed by atoms with Gasteiger partial charge in [-0.25, -0.2) is 0 Å². The molecule has 0 heterocycles. The fourth-order valence-corrected chi connectivity index (χ4v) is 0.996. The van der Waals surface area contributed by atoms with Gasteiger partial charge in [0.1, 0.15) is 0 Å². The van der Waals surface area contributed by atoms with Gasteiger partial charge in [-0.15, -0.1) is 0 Å². The van der Waals surface area contributed by atoms with Gasteiger partial charge in [0.05, 0.1) is 0 Å². The zero-order valence-electron chi connectivity index (χ0n) is 8.05. The Labute approximate surface area is 69.6 Å². The number of rotatable bonds is 4. The van der Waals surface area contributed by atoms with Gasteiger partial charge in [-0.05, 0) is 12.8 Å². The molecule has 0 saturated carbocycles. The summed E-state index contributed by atoms with van der Waals surface area (Å²) < 4.78 is 0. The van der Waals surface area contributed by atoms with Crippen LogP contribution in [-0.4, -0.2) is 24.4 Å². The number of hydrogen-bond acceptors (Lipinski definition) is 1. The van der Waals surface area contributed by atoms with E-state index in [4.69, 9.17) is 0 Å². The average Bonchev–Trinajstić information content (AvgIpc) is 2.02. The highest BCUT2D eigenvalue weighted by Crippen LogP contribution is 2.04. The SMILES string of the molecule is CCCN(C)C(=O)C(C)CC. The first-order valence-corrected chi connectivity index (χ1v) is 4.38. The van der Waals surface area contributed by atoms with Gasteiger partial charge < -0.3 is 4.90 Å². The van der Waals surface area contributed by atoms with E-state index in [1.807, 2.05) is 25.8 Å². The maximum absolute atomic E-state index is 11.4. The van der Waals surface area contributed by atoms with E-state index in [2.05, 4.69) is 6.92 Å². The lowest BCUT2D eigenvalue weighted by Gasteiger charge is -2.19. The number of hydrogen-bond donors (Lipinski definition) is 0. The fraction of sp³-hybridized carbons (Fsp3) is 0.889. The van der Waals surface area contributed by atoms with Crippen LogP contribution in [-0.2, 0) is 4.79 Å². The van der Waals surface area contributed by atoms with Gasteiger partial charge in [0.15, 0.2) is 0 Å². The molecule has 66 valence electrons. The monoisotopic (exact) mass is 157 g/mol. The first-order valence-electron chi connectivity index (χ1n) is 4.38. The molecule has 1 unspecified atom stereocenters. The van der Waals surface area contributed by atoms with E-state index >= 15 is 0 Å². The van der Waals surface area contributed by atoms with Crippen LogP contribution in [0.1, 0.15) is 33.6 Å². The highest BCUT2D eigenvalue weighted by Gasteiger charge is 2.13. The predicted molar refractivity (Wildman–Crippen MR) is 47.4 cm³/mol. The molecule has 1 atom stereocenters. The van der Waals surface area contributed by atoms with Crippen molar-refractivity contribution >= 4 is 5.91 Å². The third-order valence-electron chi connectivity index (χ3n) is 1.97. The molecule has 0 aromatic rings. The molecule has 0 bridgehead atoms. The second-order valence-corrected chi connectivity index (χ2v) is 3.07. The molecule has 11 heavy (non-hydrogen) atoms. The maximum Gasteiger partial charge on any atom is 0.225 e. The minimum atomic E-state index is 0.187. The fourth-order valence-electron chi connectivity index (χ4n) is 0.996. The summed E-state index contributed by atoms with van der Waals surface area (Å²) in [6, 6.07) is 0. The molecule has 0 N–H and O–H groups in total. The van der Waals surface area contributed by atoms with Gasteiger partial charge in [0.25, 0.3) is 0 Å². The lowest BCUT2D eigenvalue weighted by molar-refractivity contribution is -0.133. The van der Waals surface area contributed by atoms with Crippen LogP contribution in [0.25, 0.3) is 0 Å². The normalized spacial score (nSPS) is 12.7. The molecule has 0 saturated heterocycles. The Bertz CT molecular complexity index is 123. The predicted octanol–water partition coefficient (Wildman–Crippen LogP) is 1.90. The second kappa shape index (κ2) is 5.16. The van der Waals surface area contributed by atoms with E-state index in [0.717, 1.165) is 19.4 Å². The highest BCUT2D eigenvalue weighted by molar-refractivity contribution is 5.78. The average molecular weight is 157 g/mol. The molecule has 0 aliphatic rings. The number of carbonyl (C=O) groups excluding carboxylic acids is 1. The molecule has 1 amide bonds. The summed E-state index contributed by atoms with van der Waals surface area (Å²) in [5, 5.41) is 0. The van der Waals surface area contributed by atoms with Crippen LogP contribution >= 0.6 is 0 Å². The van der Waals surface area contributed by atoms with E-state index in [1.165, 1.54) is 0 Å². The Morgan fingerprint density at radius 3 is 2.36 bits per heavy atom. The summed E-state index contributed by atoms with van der Waals surface area (Å²) >= 11 is 0. The van der Waals surface area contributed by atoms with Crippen LogP contribution in [0, 0.1) is 5.92 Å². The molecule has 2 nitrogen and oxygen atoms in total. The van der Waals surface area contributed by atoms with Crippen molar-refractivity contribution in [2.75, 3.05) is 13.6 Å². The number of nitrogens with zero attached hydrogens (tertiary/aromatic N) is 1. The molecule has 0 aromatic carbocycles. The molecule has 0 fully saturated rings. The smallest absolute Gasteiger partial charge is 0.225 e. The van der Waals surface area contributed by atoms with E-state index in [9.17, 15) is 4.79 Å². The molecule has 0 spiro atoms. The maximum atomic E-state index is 11.4. The Hall–Kier alpha value is -0.530. The second-order valence-electron chi connectivity index (χ2n) is 3.07. The van der Waals surface area contributed by atoms with Crippen molar-refractivity contribution in [3.05, 3.63) is 0 Å². The minimum Gasteiger partial charge on any atom is -0.346 e. The summed E-state index contributed by atoms with van der Waals surface area (Å²) in [6.07, 6.45) is 1.98. The van der Waals surface area contributed by atoms with Gasteiger partial charge in [-0.1, -0.05) is 20.8 Å². The van der Waals surface area contributed by atoms with Crippen LogP contribution in [0.5, 0.6) is 0 Å². The van der Waals surface area contributed by atoms with Crippen LogP contribution in [0.4, 0.5) is 0 Å². The third-order valence-corrected chi connectivity index (χ3v) is 1.97. The highest BCUT2D eigenvalue weighted by atomic mass is 16.2. The van der Waals surface area contributed by atoms with Crippen molar-refractivity contribution in [1.82, 2.24) is 4.90 Å². The van der Waals surface area contributed by atoms with Crippen molar-refractivity contribution in [3.63, 3.8) is 0 Å². The summed E-state index contributed by atoms with van der Waals surface area (Å²) in [5.41, 5.74) is 0. The quantitative estimate of drug-likeness (QED) is 0.610. The van der Waals surface area contributed by atoms with Gasteiger partial charge in [0, 0.05) is 19.5 Å². The zero-order valence-corrected chi connectivity index (χ0v) is 8.05. The van der Waals surface area contributed by atoms with E-state index in [-0.39, 0.29) is 11.8 Å². The largest absolute Gasteiger partial charge is 0.346 e. The first-order chi connectivity index (χ1) is 5.13. The van der Waals surface area contributed by atoms with Crippen LogP contribution in [0.2, 0.25) is 0 Å². The minimum absolute atomic E-state index is 0.187. The van der Waals surface area contributed by atoms with Gasteiger partial charge in [-0.2, -0.15) is 0 Å². The van der Waals surface area contributed by atoms with Crippen LogP contribution < -0.4 is 0 Å². The van der Waals surface area contributed by atoms with E-state index < -0.39 is 0 Å². The summed E-state index contributed by atoms with van der Waals surface area (Å²) in [5.74, 6) is 0.459. The Balaban J connectivity index is 3.81. The topological polar surface area (TPSA) is 20.3 Å². The summed E-state index contributed by atoms with van der Waals surface area (Å²) in [4.78, 5) is 13.2.